The highest BCUT2D eigenvalue weighted by Gasteiger charge is 2.31. The van der Waals surface area contributed by atoms with Gasteiger partial charge in [-0.25, -0.2) is 4.98 Å². The van der Waals surface area contributed by atoms with Crippen LogP contribution in [-0.2, 0) is 4.79 Å². The third-order valence-corrected chi connectivity index (χ3v) is 4.26. The fourth-order valence-corrected chi connectivity index (χ4v) is 2.59. The number of rotatable bonds is 3. The molecule has 1 aliphatic carbocycles. The average molecular weight is 312 g/mol. The molecule has 5 heteroatoms. The maximum absolute atomic E-state index is 11.9. The van der Waals surface area contributed by atoms with Gasteiger partial charge in [0.15, 0.2) is 0 Å². The number of aromatic nitrogens is 1. The summed E-state index contributed by atoms with van der Waals surface area (Å²) >= 11 is 3.38. The molecule has 1 heterocycles. The second-order valence-corrected chi connectivity index (χ2v) is 5.97. The van der Waals surface area contributed by atoms with Crippen molar-refractivity contribution in [1.82, 2.24) is 4.98 Å². The Balaban J connectivity index is 1.96. The summed E-state index contributed by atoms with van der Waals surface area (Å²) in [6.07, 6.45) is 6.20. The minimum Gasteiger partial charge on any atom is -0.325 e. The van der Waals surface area contributed by atoms with Crippen molar-refractivity contribution in [3.05, 3.63) is 22.3 Å². The Bertz CT molecular complexity index is 456. The Morgan fingerprint density at radius 2 is 2.22 bits per heavy atom. The van der Waals surface area contributed by atoms with E-state index < -0.39 is 0 Å². The zero-order valence-corrected chi connectivity index (χ0v) is 12.1. The van der Waals surface area contributed by atoms with Gasteiger partial charge in [-0.1, -0.05) is 12.8 Å². The van der Waals surface area contributed by atoms with Crippen LogP contribution in [-0.4, -0.2) is 16.4 Å². The van der Waals surface area contributed by atoms with Crippen molar-refractivity contribution in [2.45, 2.75) is 44.6 Å². The van der Waals surface area contributed by atoms with Crippen LogP contribution in [0.15, 0.2) is 16.7 Å². The summed E-state index contributed by atoms with van der Waals surface area (Å²) in [6.45, 7) is 1.96. The lowest BCUT2D eigenvalue weighted by Gasteiger charge is -2.22. The van der Waals surface area contributed by atoms with Crippen LogP contribution in [0.5, 0.6) is 0 Å². The number of nitrogens with zero attached hydrogens (tertiary/aromatic N) is 1. The third-order valence-electron chi connectivity index (χ3n) is 3.43. The van der Waals surface area contributed by atoms with E-state index >= 15 is 0 Å². The predicted molar refractivity (Wildman–Crippen MR) is 75.3 cm³/mol. The summed E-state index contributed by atoms with van der Waals surface area (Å²) < 4.78 is 0.937. The molecule has 1 amide bonds. The van der Waals surface area contributed by atoms with E-state index in [2.05, 4.69) is 26.2 Å². The van der Waals surface area contributed by atoms with Crippen LogP contribution in [0.3, 0.4) is 0 Å². The van der Waals surface area contributed by atoms with Gasteiger partial charge in [-0.2, -0.15) is 0 Å². The number of pyridine rings is 1. The second-order valence-electron chi connectivity index (χ2n) is 5.11. The molecule has 0 aliphatic heterocycles. The normalized spacial score (nSPS) is 17.7. The lowest BCUT2D eigenvalue weighted by atomic mass is 9.94. The zero-order chi connectivity index (χ0) is 13.2. The van der Waals surface area contributed by atoms with Crippen molar-refractivity contribution in [2.24, 2.45) is 5.73 Å². The summed E-state index contributed by atoms with van der Waals surface area (Å²) in [4.78, 5) is 16.1. The Labute approximate surface area is 115 Å². The van der Waals surface area contributed by atoms with E-state index in [1.54, 1.807) is 6.20 Å². The molecule has 0 unspecified atom stereocenters. The fraction of sp³-hybridized carbons (Fsp3) is 0.538. The van der Waals surface area contributed by atoms with Crippen LogP contribution < -0.4 is 11.1 Å². The van der Waals surface area contributed by atoms with Crippen LogP contribution in [0.4, 0.5) is 5.82 Å². The lowest BCUT2D eigenvalue weighted by molar-refractivity contribution is -0.117. The maximum atomic E-state index is 11.9. The summed E-state index contributed by atoms with van der Waals surface area (Å²) in [6, 6.07) is 1.85. The van der Waals surface area contributed by atoms with E-state index in [1.807, 2.05) is 13.0 Å². The first-order valence-corrected chi connectivity index (χ1v) is 6.99. The largest absolute Gasteiger partial charge is 0.325 e. The molecule has 0 aromatic carbocycles. The Kier molecular flexibility index (Phi) is 4.02. The maximum Gasteiger partial charge on any atom is 0.227 e. The first-order chi connectivity index (χ1) is 8.48. The van der Waals surface area contributed by atoms with Crippen LogP contribution >= 0.6 is 15.9 Å². The molecule has 18 heavy (non-hydrogen) atoms. The number of aryl methyl sites for hydroxylation is 1. The van der Waals surface area contributed by atoms with E-state index in [9.17, 15) is 4.79 Å². The van der Waals surface area contributed by atoms with Gasteiger partial charge >= 0.3 is 0 Å². The van der Waals surface area contributed by atoms with Gasteiger partial charge < -0.3 is 11.1 Å². The molecule has 98 valence electrons. The number of nitrogens with one attached hydrogen (secondary N) is 1. The van der Waals surface area contributed by atoms with E-state index in [1.165, 1.54) is 0 Å². The molecule has 2 rings (SSSR count). The molecule has 3 N–H and O–H groups in total. The fourth-order valence-electron chi connectivity index (χ4n) is 2.37. The highest BCUT2D eigenvalue weighted by Crippen LogP contribution is 2.30. The number of anilines is 1. The highest BCUT2D eigenvalue weighted by atomic mass is 79.9. The SMILES string of the molecule is Cc1cc(NC(=O)CC2(N)CCCC2)ncc1Br. The van der Waals surface area contributed by atoms with Gasteiger partial charge in [-0.3, -0.25) is 4.79 Å². The van der Waals surface area contributed by atoms with Crippen LogP contribution in [0.25, 0.3) is 0 Å². The molecule has 0 radical (unpaired) electrons. The number of carbonyl (C=O) groups excluding carboxylic acids is 1. The second kappa shape index (κ2) is 5.36. The molecule has 1 aromatic rings. The molecule has 0 saturated heterocycles. The first-order valence-electron chi connectivity index (χ1n) is 6.19. The Morgan fingerprint density at radius 3 is 2.83 bits per heavy atom. The van der Waals surface area contributed by atoms with Gasteiger partial charge in [0.1, 0.15) is 5.82 Å². The quantitative estimate of drug-likeness (QED) is 0.902. The van der Waals surface area contributed by atoms with Gasteiger partial charge in [-0.05, 0) is 47.3 Å². The molecule has 1 saturated carbocycles. The molecular weight excluding hydrogens is 294 g/mol. The highest BCUT2D eigenvalue weighted by molar-refractivity contribution is 9.10. The molecule has 4 nitrogen and oxygen atoms in total. The summed E-state index contributed by atoms with van der Waals surface area (Å²) in [5.41, 5.74) is 6.91. The number of nitrogens with two attached hydrogens (primary N) is 1. The van der Waals surface area contributed by atoms with Crippen LogP contribution in [0.1, 0.15) is 37.7 Å². The van der Waals surface area contributed by atoms with Crippen LogP contribution in [0.2, 0.25) is 0 Å². The standard InChI is InChI=1S/C13H18BrN3O/c1-9-6-11(16-8-10(9)14)17-12(18)7-13(15)4-2-3-5-13/h6,8H,2-5,7,15H2,1H3,(H,16,17,18). The predicted octanol–water partition coefficient (Wildman–Crippen LogP) is 2.75. The number of carbonyl (C=O) groups is 1. The molecule has 1 fully saturated rings. The van der Waals surface area contributed by atoms with Crippen molar-refractivity contribution in [3.63, 3.8) is 0 Å². The van der Waals surface area contributed by atoms with Crippen LogP contribution in [0, 0.1) is 6.92 Å². The van der Waals surface area contributed by atoms with Gasteiger partial charge in [0.2, 0.25) is 5.91 Å². The molecular formula is C13H18BrN3O. The average Bonchev–Trinajstić information content (AvgIpc) is 2.70. The Morgan fingerprint density at radius 1 is 1.56 bits per heavy atom. The van der Waals surface area contributed by atoms with Gasteiger partial charge in [0, 0.05) is 22.6 Å². The monoisotopic (exact) mass is 311 g/mol. The number of hydrogen-bond donors (Lipinski definition) is 2. The lowest BCUT2D eigenvalue weighted by Crippen LogP contribution is -2.40. The van der Waals surface area contributed by atoms with Crippen molar-refractivity contribution < 1.29 is 4.79 Å². The minimum atomic E-state index is -0.311. The summed E-state index contributed by atoms with van der Waals surface area (Å²) in [5.74, 6) is 0.538. The van der Waals surface area contributed by atoms with Gasteiger partial charge in [-0.15, -0.1) is 0 Å². The number of amides is 1. The third kappa shape index (κ3) is 3.29. The number of hydrogen-bond acceptors (Lipinski definition) is 3. The van der Waals surface area contributed by atoms with Gasteiger partial charge in [0.25, 0.3) is 0 Å². The van der Waals surface area contributed by atoms with E-state index in [4.69, 9.17) is 5.73 Å². The summed E-state index contributed by atoms with van der Waals surface area (Å²) in [7, 11) is 0. The zero-order valence-electron chi connectivity index (χ0n) is 10.5. The molecule has 1 aliphatic rings. The van der Waals surface area contributed by atoms with E-state index in [0.717, 1.165) is 35.7 Å². The first kappa shape index (κ1) is 13.5. The minimum absolute atomic E-state index is 0.0476. The van der Waals surface area contributed by atoms with E-state index in [0.29, 0.717) is 12.2 Å². The molecule has 0 atom stereocenters. The van der Waals surface area contributed by atoms with Crippen molar-refractivity contribution >= 4 is 27.7 Å². The molecule has 0 bridgehead atoms. The van der Waals surface area contributed by atoms with E-state index in [-0.39, 0.29) is 11.4 Å². The van der Waals surface area contributed by atoms with Crippen molar-refractivity contribution in [1.29, 1.82) is 0 Å². The summed E-state index contributed by atoms with van der Waals surface area (Å²) in [5, 5.41) is 2.81. The topological polar surface area (TPSA) is 68.0 Å². The molecule has 0 spiro atoms. The van der Waals surface area contributed by atoms with Gasteiger partial charge in [0.05, 0.1) is 0 Å². The van der Waals surface area contributed by atoms with Crippen molar-refractivity contribution in [2.75, 3.05) is 5.32 Å². The number of halogens is 1. The van der Waals surface area contributed by atoms with Crippen molar-refractivity contribution in [3.8, 4) is 0 Å². The Hall–Kier alpha value is -0.940. The smallest absolute Gasteiger partial charge is 0.227 e. The molecule has 1 aromatic heterocycles.